The number of rotatable bonds is 9. The van der Waals surface area contributed by atoms with Crippen LogP contribution in [0.3, 0.4) is 0 Å². The van der Waals surface area contributed by atoms with Gasteiger partial charge in [-0.3, -0.25) is 0 Å². The molecule has 10 rings (SSSR count). The van der Waals surface area contributed by atoms with Gasteiger partial charge < -0.3 is 4.90 Å². The van der Waals surface area contributed by atoms with E-state index >= 15 is 0 Å². The molecule has 10 aromatic rings. The lowest BCUT2D eigenvalue weighted by Crippen LogP contribution is -2.09. The third kappa shape index (κ3) is 7.46. The SMILES string of the molecule is c1ccc(-c2ccc(-c3ccc(-c4ccc(N(c5ccccc5)c5ccc(-c6ccc(-c7ccc8ccccc8c7)cc6)cc5)cc4)cc3)cc2-c2ccccc2)cc1. The van der Waals surface area contributed by atoms with Crippen LogP contribution in [0.25, 0.3) is 77.5 Å². The Morgan fingerprint density at radius 1 is 0.186 bits per heavy atom. The first-order valence-corrected chi connectivity index (χ1v) is 20.2. The van der Waals surface area contributed by atoms with Gasteiger partial charge in [0.1, 0.15) is 0 Å². The molecule has 0 saturated heterocycles. The van der Waals surface area contributed by atoms with Gasteiger partial charge >= 0.3 is 0 Å². The molecule has 0 aliphatic carbocycles. The van der Waals surface area contributed by atoms with E-state index in [1.54, 1.807) is 0 Å². The Kier molecular flexibility index (Phi) is 9.68. The highest BCUT2D eigenvalue weighted by molar-refractivity contribution is 5.89. The lowest BCUT2D eigenvalue weighted by atomic mass is 9.91. The van der Waals surface area contributed by atoms with Gasteiger partial charge in [-0.2, -0.15) is 0 Å². The predicted octanol–water partition coefficient (Wildman–Crippen LogP) is 16.3. The second-order valence-corrected chi connectivity index (χ2v) is 15.0. The third-order valence-electron chi connectivity index (χ3n) is 11.3. The van der Waals surface area contributed by atoms with Crippen molar-refractivity contribution in [2.24, 2.45) is 0 Å². The number of fused-ring (bicyclic) bond motifs is 1. The summed E-state index contributed by atoms with van der Waals surface area (Å²) in [5.41, 5.74) is 17.8. The Labute approximate surface area is 346 Å². The maximum atomic E-state index is 2.33. The quantitative estimate of drug-likeness (QED) is 0.142. The number of benzene rings is 10. The van der Waals surface area contributed by atoms with Crippen molar-refractivity contribution in [3.05, 3.63) is 249 Å². The molecule has 0 aromatic heterocycles. The van der Waals surface area contributed by atoms with Gasteiger partial charge in [-0.25, -0.2) is 0 Å². The number of hydrogen-bond acceptors (Lipinski definition) is 1. The molecule has 1 heteroatoms. The van der Waals surface area contributed by atoms with Crippen molar-refractivity contribution < 1.29 is 0 Å². The van der Waals surface area contributed by atoms with Crippen LogP contribution in [0, 0.1) is 0 Å². The summed E-state index contributed by atoms with van der Waals surface area (Å²) >= 11 is 0. The summed E-state index contributed by atoms with van der Waals surface area (Å²) in [6.45, 7) is 0. The van der Waals surface area contributed by atoms with E-state index in [1.165, 1.54) is 77.5 Å². The zero-order valence-corrected chi connectivity index (χ0v) is 32.6. The maximum Gasteiger partial charge on any atom is 0.0462 e. The van der Waals surface area contributed by atoms with Gasteiger partial charge in [0, 0.05) is 17.1 Å². The van der Waals surface area contributed by atoms with Crippen molar-refractivity contribution in [3.8, 4) is 66.8 Å². The van der Waals surface area contributed by atoms with Gasteiger partial charge in [-0.1, -0.05) is 200 Å². The first kappa shape index (κ1) is 35.7. The molecule has 0 amide bonds. The molecule has 1 nitrogen and oxygen atoms in total. The molecule has 0 heterocycles. The van der Waals surface area contributed by atoms with Gasteiger partial charge in [-0.05, 0) is 126 Å². The highest BCUT2D eigenvalue weighted by atomic mass is 15.1. The van der Waals surface area contributed by atoms with E-state index in [9.17, 15) is 0 Å². The van der Waals surface area contributed by atoms with Crippen LogP contribution >= 0.6 is 0 Å². The van der Waals surface area contributed by atoms with Crippen molar-refractivity contribution in [2.45, 2.75) is 0 Å². The van der Waals surface area contributed by atoms with Crippen molar-refractivity contribution in [1.29, 1.82) is 0 Å². The molecule has 59 heavy (non-hydrogen) atoms. The van der Waals surface area contributed by atoms with Crippen LogP contribution in [0.4, 0.5) is 17.1 Å². The third-order valence-corrected chi connectivity index (χ3v) is 11.3. The molecule has 0 fully saturated rings. The Balaban J connectivity index is 0.896. The summed E-state index contributed by atoms with van der Waals surface area (Å²) in [6, 6.07) is 89.6. The Bertz CT molecular complexity index is 2970. The zero-order valence-electron chi connectivity index (χ0n) is 32.6. The Hall–Kier alpha value is -7.74. The second-order valence-electron chi connectivity index (χ2n) is 15.0. The largest absolute Gasteiger partial charge is 0.311 e. The van der Waals surface area contributed by atoms with Crippen LogP contribution in [-0.4, -0.2) is 0 Å². The monoisotopic (exact) mass is 751 g/mol. The number of para-hydroxylation sites is 1. The Morgan fingerprint density at radius 3 is 1.03 bits per heavy atom. The molecular formula is C58H41N. The van der Waals surface area contributed by atoms with Crippen LogP contribution in [0.1, 0.15) is 0 Å². The molecule has 0 atom stereocenters. The molecule has 0 spiro atoms. The average Bonchev–Trinajstić information content (AvgIpc) is 3.33. The summed E-state index contributed by atoms with van der Waals surface area (Å²) in [6.07, 6.45) is 0. The number of nitrogens with zero attached hydrogens (tertiary/aromatic N) is 1. The zero-order chi connectivity index (χ0) is 39.4. The van der Waals surface area contributed by atoms with Gasteiger partial charge in [0.05, 0.1) is 0 Å². The van der Waals surface area contributed by atoms with Crippen LogP contribution < -0.4 is 4.90 Å². The van der Waals surface area contributed by atoms with Crippen LogP contribution in [-0.2, 0) is 0 Å². The molecule has 0 aliphatic heterocycles. The van der Waals surface area contributed by atoms with E-state index in [1.807, 2.05) is 0 Å². The van der Waals surface area contributed by atoms with Crippen molar-refractivity contribution in [2.75, 3.05) is 4.90 Å². The van der Waals surface area contributed by atoms with E-state index in [2.05, 4.69) is 254 Å². The van der Waals surface area contributed by atoms with Crippen LogP contribution in [0.5, 0.6) is 0 Å². The summed E-state index contributed by atoms with van der Waals surface area (Å²) in [4.78, 5) is 2.32. The number of hydrogen-bond donors (Lipinski definition) is 0. The summed E-state index contributed by atoms with van der Waals surface area (Å²) < 4.78 is 0. The normalized spacial score (nSPS) is 11.1. The second kappa shape index (κ2) is 16.0. The van der Waals surface area contributed by atoms with Crippen LogP contribution in [0.15, 0.2) is 249 Å². The average molecular weight is 752 g/mol. The number of anilines is 3. The minimum absolute atomic E-state index is 1.11. The van der Waals surface area contributed by atoms with Crippen molar-refractivity contribution in [1.82, 2.24) is 0 Å². The first-order chi connectivity index (χ1) is 29.2. The molecular weight excluding hydrogens is 711 g/mol. The molecule has 10 aromatic carbocycles. The highest BCUT2D eigenvalue weighted by Crippen LogP contribution is 2.39. The summed E-state index contributed by atoms with van der Waals surface area (Å²) in [5.74, 6) is 0. The molecule has 0 saturated carbocycles. The minimum Gasteiger partial charge on any atom is -0.311 e. The Morgan fingerprint density at radius 2 is 0.525 bits per heavy atom. The highest BCUT2D eigenvalue weighted by Gasteiger charge is 2.14. The van der Waals surface area contributed by atoms with E-state index in [-0.39, 0.29) is 0 Å². The van der Waals surface area contributed by atoms with Gasteiger partial charge in [0.2, 0.25) is 0 Å². The van der Waals surface area contributed by atoms with Crippen molar-refractivity contribution >= 4 is 27.8 Å². The molecule has 0 aliphatic rings. The van der Waals surface area contributed by atoms with Gasteiger partial charge in [0.15, 0.2) is 0 Å². The van der Waals surface area contributed by atoms with Crippen molar-refractivity contribution in [3.63, 3.8) is 0 Å². The topological polar surface area (TPSA) is 3.24 Å². The summed E-state index contributed by atoms with van der Waals surface area (Å²) in [5, 5.41) is 2.52. The predicted molar refractivity (Wildman–Crippen MR) is 251 cm³/mol. The maximum absolute atomic E-state index is 2.33. The lowest BCUT2D eigenvalue weighted by Gasteiger charge is -2.26. The molecule has 0 bridgehead atoms. The van der Waals surface area contributed by atoms with Gasteiger partial charge in [0.25, 0.3) is 0 Å². The first-order valence-electron chi connectivity index (χ1n) is 20.2. The van der Waals surface area contributed by atoms with E-state index < -0.39 is 0 Å². The fraction of sp³-hybridized carbons (Fsp3) is 0. The minimum atomic E-state index is 1.11. The van der Waals surface area contributed by atoms with E-state index in [0.717, 1.165) is 17.1 Å². The molecule has 0 radical (unpaired) electrons. The smallest absolute Gasteiger partial charge is 0.0462 e. The molecule has 0 unspecified atom stereocenters. The van der Waals surface area contributed by atoms with Gasteiger partial charge in [-0.15, -0.1) is 0 Å². The fourth-order valence-corrected chi connectivity index (χ4v) is 8.16. The fourth-order valence-electron chi connectivity index (χ4n) is 8.16. The molecule has 0 N–H and O–H groups in total. The molecule has 278 valence electrons. The summed E-state index contributed by atoms with van der Waals surface area (Å²) in [7, 11) is 0. The van der Waals surface area contributed by atoms with Crippen LogP contribution in [0.2, 0.25) is 0 Å². The van der Waals surface area contributed by atoms with E-state index in [4.69, 9.17) is 0 Å². The standard InChI is InChI=1S/C58H41N/c1-4-13-49(14-5-1)57-39-34-53(41-58(57)50-15-6-2-7-16-50)48-26-22-44(23-27-48)46-32-37-56(38-33-46)59(54-18-8-3-9-19-54)55-35-30-45(31-36-55)43-20-24-47(25-21-43)52-29-28-42-12-10-11-17-51(42)40-52/h1-41H. The lowest BCUT2D eigenvalue weighted by molar-refractivity contribution is 1.28. The van der Waals surface area contributed by atoms with E-state index in [0.29, 0.717) is 0 Å².